The topological polar surface area (TPSA) is 40.5 Å². The van der Waals surface area contributed by atoms with Gasteiger partial charge in [-0.05, 0) is 95.7 Å². The fourth-order valence-electron chi connectivity index (χ4n) is 5.18. The van der Waals surface area contributed by atoms with Gasteiger partial charge in [0.05, 0.1) is 17.7 Å². The van der Waals surface area contributed by atoms with Crippen LogP contribution in [0.5, 0.6) is 11.5 Å². The molecule has 2 N–H and O–H groups in total. The molecule has 3 aromatic carbocycles. The zero-order valence-electron chi connectivity index (χ0n) is 29.9. The maximum atomic E-state index is 10.0. The molecule has 0 aliphatic rings. The fourth-order valence-corrected chi connectivity index (χ4v) is 5.18. The number of hydrogen-bond acceptors (Lipinski definition) is 2. The molecule has 240 valence electrons. The molecule has 0 amide bonds. The molecular weight excluding hydrogens is 583 g/mol. The molecule has 0 atom stereocenters. The first-order valence-corrected chi connectivity index (χ1v) is 15.5. The smallest absolute Gasteiger partial charge is 0.164 e. The SMILES string of the molecule is CC(=[C+]c1c(C)cccc1C)C(C)=[C+]c1c(C(C)C)cccc1C(C)(C)C.CC(C)(C)c1ccc(C(C)(C)C)c(O)c1O.[Ni]. The summed E-state index contributed by atoms with van der Waals surface area (Å²) in [5, 5.41) is 20.1. The molecule has 0 fully saturated rings. The molecule has 3 heteroatoms. The monoisotopic (exact) mass is 638 g/mol. The zero-order valence-corrected chi connectivity index (χ0v) is 30.9. The van der Waals surface area contributed by atoms with Crippen molar-refractivity contribution in [3.63, 3.8) is 0 Å². The van der Waals surface area contributed by atoms with Crippen LogP contribution in [0, 0.1) is 26.0 Å². The van der Waals surface area contributed by atoms with Crippen LogP contribution in [-0.4, -0.2) is 10.2 Å². The second-order valence-electron chi connectivity index (χ2n) is 15.3. The number of benzene rings is 3. The molecular formula is C41H56NiO2+2. The van der Waals surface area contributed by atoms with Crippen molar-refractivity contribution in [2.24, 2.45) is 0 Å². The Kier molecular flexibility index (Phi) is 13.2. The van der Waals surface area contributed by atoms with Crippen LogP contribution in [0.4, 0.5) is 0 Å². The Bertz CT molecular complexity index is 1420. The molecule has 0 radical (unpaired) electrons. The first-order valence-electron chi connectivity index (χ1n) is 15.5. The predicted octanol–water partition coefficient (Wildman–Crippen LogP) is 11.3. The molecule has 0 aliphatic heterocycles. The van der Waals surface area contributed by atoms with E-state index in [1.165, 1.54) is 33.4 Å². The van der Waals surface area contributed by atoms with Gasteiger partial charge in [-0.15, -0.1) is 0 Å². The third-order valence-electron chi connectivity index (χ3n) is 7.96. The second kappa shape index (κ2) is 14.9. The minimum Gasteiger partial charge on any atom is -0.504 e. The van der Waals surface area contributed by atoms with Gasteiger partial charge in [-0.2, -0.15) is 0 Å². The molecule has 3 rings (SSSR count). The molecule has 0 aromatic heterocycles. The number of rotatable bonds is 4. The van der Waals surface area contributed by atoms with E-state index in [1.54, 1.807) is 0 Å². The van der Waals surface area contributed by atoms with Gasteiger partial charge in [0.1, 0.15) is 0 Å². The number of aromatic hydroxyl groups is 2. The Hall–Kier alpha value is -2.95. The minimum atomic E-state index is -0.169. The largest absolute Gasteiger partial charge is 0.504 e. The van der Waals surface area contributed by atoms with E-state index in [9.17, 15) is 10.2 Å². The number of hydrogen-bond donors (Lipinski definition) is 2. The zero-order chi connectivity index (χ0) is 33.1. The average molecular weight is 640 g/mol. The first kappa shape index (κ1) is 39.1. The summed E-state index contributed by atoms with van der Waals surface area (Å²) in [7, 11) is 0. The molecule has 0 bridgehead atoms. The van der Waals surface area contributed by atoms with Gasteiger partial charge in [-0.3, -0.25) is 0 Å². The average Bonchev–Trinajstić information content (AvgIpc) is 2.86. The molecule has 2 nitrogen and oxygen atoms in total. The van der Waals surface area contributed by atoms with E-state index in [0.717, 1.165) is 22.3 Å². The van der Waals surface area contributed by atoms with Crippen LogP contribution in [0.25, 0.3) is 0 Å². The normalized spacial score (nSPS) is 12.5. The van der Waals surface area contributed by atoms with Gasteiger partial charge < -0.3 is 10.2 Å². The summed E-state index contributed by atoms with van der Waals surface area (Å²) in [6, 6.07) is 16.9. The fraction of sp³-hybridized carbons (Fsp3) is 0.463. The Labute approximate surface area is 279 Å². The summed E-state index contributed by atoms with van der Waals surface area (Å²) in [6.07, 6.45) is 7.37. The van der Waals surface area contributed by atoms with Crippen LogP contribution >= 0.6 is 0 Å². The van der Waals surface area contributed by atoms with Crippen LogP contribution in [0.15, 0.2) is 59.7 Å². The number of allylic oxidation sites excluding steroid dienone is 2. The van der Waals surface area contributed by atoms with E-state index in [4.69, 9.17) is 0 Å². The van der Waals surface area contributed by atoms with Gasteiger partial charge in [0, 0.05) is 69.5 Å². The van der Waals surface area contributed by atoms with E-state index >= 15 is 0 Å². The van der Waals surface area contributed by atoms with Crippen molar-refractivity contribution in [1.29, 1.82) is 0 Å². The maximum Gasteiger partial charge on any atom is 0.164 e. The Morgan fingerprint density at radius 2 is 0.932 bits per heavy atom. The van der Waals surface area contributed by atoms with Gasteiger partial charge in [-0.25, -0.2) is 0 Å². The van der Waals surface area contributed by atoms with Gasteiger partial charge in [-0.1, -0.05) is 53.7 Å². The summed E-state index contributed by atoms with van der Waals surface area (Å²) in [6.45, 7) is 32.0. The van der Waals surface area contributed by atoms with E-state index in [0.29, 0.717) is 5.92 Å². The van der Waals surface area contributed by atoms with Crippen molar-refractivity contribution >= 4 is 0 Å². The number of phenols is 2. The summed E-state index contributed by atoms with van der Waals surface area (Å²) in [5.41, 5.74) is 11.3. The quantitative estimate of drug-likeness (QED) is 0.129. The van der Waals surface area contributed by atoms with E-state index in [1.807, 2.05) is 53.7 Å². The van der Waals surface area contributed by atoms with Crippen LogP contribution in [0.1, 0.15) is 140 Å². The molecule has 0 unspecified atom stereocenters. The number of phenolic OH excluding ortho intramolecular Hbond substituents is 2. The standard InChI is InChI=1S/C27H34.C14H22O2.Ni/c1-18(2)23-14-11-15-26(27(7,8)9)25(23)17-22(6)21(5)16-24-19(3)12-10-13-20(24)4;1-13(2,3)9-7-8-10(14(4,5)6)12(16)11(9)15;/h10-15,18H,1-9H3;7-8,15-16H,1-6H3;/q+2;;. The molecule has 0 heterocycles. The Morgan fingerprint density at radius 3 is 1.30 bits per heavy atom. The summed E-state index contributed by atoms with van der Waals surface area (Å²) >= 11 is 0. The van der Waals surface area contributed by atoms with Crippen molar-refractivity contribution < 1.29 is 26.7 Å². The Morgan fingerprint density at radius 1 is 0.568 bits per heavy atom. The summed E-state index contributed by atoms with van der Waals surface area (Å²) in [4.78, 5) is 0. The third-order valence-corrected chi connectivity index (χ3v) is 7.96. The van der Waals surface area contributed by atoms with Gasteiger partial charge in [0.15, 0.2) is 33.8 Å². The van der Waals surface area contributed by atoms with Crippen molar-refractivity contribution in [2.45, 2.75) is 126 Å². The van der Waals surface area contributed by atoms with Gasteiger partial charge in [0.25, 0.3) is 0 Å². The number of aryl methyl sites for hydroxylation is 2. The third kappa shape index (κ3) is 9.78. The molecule has 0 spiro atoms. The molecule has 0 saturated carbocycles. The van der Waals surface area contributed by atoms with Crippen molar-refractivity contribution in [1.82, 2.24) is 0 Å². The van der Waals surface area contributed by atoms with Crippen LogP contribution < -0.4 is 0 Å². The molecule has 3 aromatic rings. The van der Waals surface area contributed by atoms with Crippen LogP contribution in [0.2, 0.25) is 0 Å². The van der Waals surface area contributed by atoms with Gasteiger partial charge in [0.2, 0.25) is 0 Å². The summed E-state index contributed by atoms with van der Waals surface area (Å²) in [5.74, 6) is 0.495. The van der Waals surface area contributed by atoms with Crippen molar-refractivity contribution in [2.75, 3.05) is 0 Å². The second-order valence-corrected chi connectivity index (χ2v) is 15.3. The van der Waals surface area contributed by atoms with Crippen molar-refractivity contribution in [3.05, 3.63) is 116 Å². The minimum absolute atomic E-state index is 0. The molecule has 44 heavy (non-hydrogen) atoms. The van der Waals surface area contributed by atoms with Crippen LogP contribution in [0.3, 0.4) is 0 Å². The van der Waals surface area contributed by atoms with E-state index in [2.05, 4.69) is 111 Å². The molecule has 0 aliphatic carbocycles. The van der Waals surface area contributed by atoms with Crippen molar-refractivity contribution in [3.8, 4) is 11.5 Å². The van der Waals surface area contributed by atoms with Gasteiger partial charge >= 0.3 is 0 Å². The van der Waals surface area contributed by atoms with Crippen LogP contribution in [-0.2, 0) is 32.7 Å². The first-order chi connectivity index (χ1) is 19.6. The summed E-state index contributed by atoms with van der Waals surface area (Å²) < 4.78 is 0. The maximum absolute atomic E-state index is 10.0. The predicted molar refractivity (Wildman–Crippen MR) is 185 cm³/mol. The van der Waals surface area contributed by atoms with E-state index in [-0.39, 0.29) is 44.2 Å². The Balaban J connectivity index is 0.000000488. The molecule has 0 saturated heterocycles. The van der Waals surface area contributed by atoms with E-state index < -0.39 is 0 Å².